The Bertz CT molecular complexity index is 1260. The maximum Gasteiger partial charge on any atom is 0.280 e. The van der Waals surface area contributed by atoms with Crippen LogP contribution in [0.2, 0.25) is 0 Å². The molecule has 6 heteroatoms. The number of ether oxygens (including phenoxy) is 1. The van der Waals surface area contributed by atoms with Gasteiger partial charge in [-0.1, -0.05) is 51.1 Å². The van der Waals surface area contributed by atoms with Crippen molar-refractivity contribution in [2.75, 3.05) is 12.0 Å². The van der Waals surface area contributed by atoms with Crippen LogP contribution in [0.4, 0.5) is 5.69 Å². The fourth-order valence-electron chi connectivity index (χ4n) is 4.48. The van der Waals surface area contributed by atoms with Crippen molar-refractivity contribution in [3.05, 3.63) is 89.5 Å². The summed E-state index contributed by atoms with van der Waals surface area (Å²) in [6, 6.07) is 17.6. The Labute approximate surface area is 187 Å². The second-order valence-corrected chi connectivity index (χ2v) is 9.08. The molecule has 0 fully saturated rings. The molecule has 1 aliphatic rings. The molecule has 162 valence electrons. The van der Waals surface area contributed by atoms with E-state index in [1.807, 2.05) is 71.9 Å². The molecule has 0 spiro atoms. The quantitative estimate of drug-likeness (QED) is 0.455. The molecule has 2 aromatic carbocycles. The summed E-state index contributed by atoms with van der Waals surface area (Å²) in [5, 5.41) is 7.59. The number of nitrogens with one attached hydrogen (secondary N) is 2. The molecule has 0 saturated heterocycles. The largest absolute Gasteiger partial charge is 0.496 e. The van der Waals surface area contributed by atoms with E-state index in [-0.39, 0.29) is 17.4 Å². The van der Waals surface area contributed by atoms with Crippen LogP contribution in [0.3, 0.4) is 0 Å². The first-order chi connectivity index (χ1) is 15.4. The van der Waals surface area contributed by atoms with Gasteiger partial charge in [-0.3, -0.25) is 14.8 Å². The van der Waals surface area contributed by atoms with Crippen molar-refractivity contribution in [3.63, 3.8) is 0 Å². The minimum absolute atomic E-state index is 0.114. The number of aromatic amines is 2. The van der Waals surface area contributed by atoms with Crippen molar-refractivity contribution in [3.8, 4) is 16.9 Å². The van der Waals surface area contributed by atoms with Gasteiger partial charge in [-0.2, -0.15) is 5.10 Å². The summed E-state index contributed by atoms with van der Waals surface area (Å²) in [5.41, 5.74) is 6.10. The highest BCUT2D eigenvalue weighted by Gasteiger charge is 2.45. The summed E-state index contributed by atoms with van der Waals surface area (Å²) in [6.07, 6.45) is 3.86. The maximum absolute atomic E-state index is 13.6. The second-order valence-electron chi connectivity index (χ2n) is 9.08. The van der Waals surface area contributed by atoms with E-state index in [0.717, 1.165) is 39.4 Å². The fourth-order valence-corrected chi connectivity index (χ4v) is 4.48. The van der Waals surface area contributed by atoms with E-state index in [1.165, 1.54) is 0 Å². The number of benzene rings is 2. The molecule has 32 heavy (non-hydrogen) atoms. The summed E-state index contributed by atoms with van der Waals surface area (Å²) in [6.45, 7) is 6.37. The normalized spacial score (nSPS) is 15.8. The molecule has 0 saturated carbocycles. The van der Waals surface area contributed by atoms with Gasteiger partial charge in [0.2, 0.25) is 0 Å². The Morgan fingerprint density at radius 3 is 2.41 bits per heavy atom. The SMILES string of the molecule is COc1ccccc1C1c2c(n[nH]c2C(C)(C)C)C(=O)N1c1ccc(-c2cc[nH]c2)cc1. The summed E-state index contributed by atoms with van der Waals surface area (Å²) in [5.74, 6) is 0.630. The Balaban J connectivity index is 1.68. The number of fused-ring (bicyclic) bond motifs is 1. The van der Waals surface area contributed by atoms with Gasteiger partial charge in [0.25, 0.3) is 5.91 Å². The van der Waals surface area contributed by atoms with Crippen LogP contribution in [0.5, 0.6) is 5.75 Å². The third-order valence-electron chi connectivity index (χ3n) is 6.02. The molecule has 3 heterocycles. The maximum atomic E-state index is 13.6. The van der Waals surface area contributed by atoms with E-state index in [2.05, 4.69) is 36.0 Å². The smallest absolute Gasteiger partial charge is 0.280 e. The molecule has 2 N–H and O–H groups in total. The van der Waals surface area contributed by atoms with Crippen molar-refractivity contribution >= 4 is 11.6 Å². The molecule has 1 aliphatic heterocycles. The zero-order valence-electron chi connectivity index (χ0n) is 18.6. The summed E-state index contributed by atoms with van der Waals surface area (Å²) < 4.78 is 5.69. The third-order valence-corrected chi connectivity index (χ3v) is 6.02. The van der Waals surface area contributed by atoms with Gasteiger partial charge in [0.05, 0.1) is 13.2 Å². The number of nitrogens with zero attached hydrogens (tertiary/aromatic N) is 2. The Kier molecular flexibility index (Phi) is 4.66. The number of para-hydroxylation sites is 1. The van der Waals surface area contributed by atoms with Crippen LogP contribution in [-0.4, -0.2) is 28.2 Å². The van der Waals surface area contributed by atoms with E-state index in [1.54, 1.807) is 7.11 Å². The van der Waals surface area contributed by atoms with Gasteiger partial charge in [-0.15, -0.1) is 0 Å². The molecule has 0 bridgehead atoms. The lowest BCUT2D eigenvalue weighted by Gasteiger charge is -2.29. The minimum Gasteiger partial charge on any atom is -0.496 e. The first kappa shape index (κ1) is 20.1. The van der Waals surface area contributed by atoms with Gasteiger partial charge in [0.15, 0.2) is 5.69 Å². The van der Waals surface area contributed by atoms with E-state index >= 15 is 0 Å². The number of hydrogen-bond donors (Lipinski definition) is 2. The third kappa shape index (κ3) is 3.11. The highest BCUT2D eigenvalue weighted by Crippen LogP contribution is 2.47. The van der Waals surface area contributed by atoms with Gasteiger partial charge in [0, 0.05) is 40.3 Å². The molecule has 4 aromatic rings. The van der Waals surface area contributed by atoms with Crippen molar-refractivity contribution < 1.29 is 9.53 Å². The average Bonchev–Trinajstić information content (AvgIpc) is 3.51. The van der Waals surface area contributed by atoms with Gasteiger partial charge in [0.1, 0.15) is 5.75 Å². The number of H-pyrrole nitrogens is 2. The van der Waals surface area contributed by atoms with Gasteiger partial charge in [-0.05, 0) is 35.4 Å². The number of rotatable bonds is 4. The number of carbonyl (C=O) groups is 1. The average molecular weight is 427 g/mol. The summed E-state index contributed by atoms with van der Waals surface area (Å²) in [4.78, 5) is 18.5. The van der Waals surface area contributed by atoms with Crippen LogP contribution in [0.15, 0.2) is 67.0 Å². The van der Waals surface area contributed by atoms with Crippen LogP contribution < -0.4 is 9.64 Å². The molecular formula is C26H26N4O2. The van der Waals surface area contributed by atoms with Crippen LogP contribution >= 0.6 is 0 Å². The predicted octanol–water partition coefficient (Wildman–Crippen LogP) is 5.46. The standard InChI is InChI=1S/C26H26N4O2/c1-26(2,3)24-21-22(28-29-24)25(31)30(23(21)19-7-5-6-8-20(19)32-4)18-11-9-16(10-12-18)17-13-14-27-15-17/h5-15,23,27H,1-4H3,(H,28,29). The molecule has 0 aliphatic carbocycles. The van der Waals surface area contributed by atoms with Crippen molar-refractivity contribution in [1.82, 2.24) is 15.2 Å². The Morgan fingerprint density at radius 2 is 1.75 bits per heavy atom. The molecule has 0 radical (unpaired) electrons. The van der Waals surface area contributed by atoms with Crippen molar-refractivity contribution in [2.24, 2.45) is 0 Å². The zero-order chi connectivity index (χ0) is 22.5. The van der Waals surface area contributed by atoms with Crippen molar-refractivity contribution in [1.29, 1.82) is 0 Å². The fraction of sp³-hybridized carbons (Fsp3) is 0.231. The molecule has 1 atom stereocenters. The number of methoxy groups -OCH3 is 1. The lowest BCUT2D eigenvalue weighted by atomic mass is 9.85. The lowest BCUT2D eigenvalue weighted by molar-refractivity contribution is 0.0988. The number of aromatic nitrogens is 3. The van der Waals surface area contributed by atoms with E-state index < -0.39 is 0 Å². The molecule has 1 unspecified atom stereocenters. The predicted molar refractivity (Wildman–Crippen MR) is 125 cm³/mol. The summed E-state index contributed by atoms with van der Waals surface area (Å²) in [7, 11) is 1.66. The zero-order valence-corrected chi connectivity index (χ0v) is 18.6. The van der Waals surface area contributed by atoms with E-state index in [9.17, 15) is 4.79 Å². The Hall–Kier alpha value is -3.80. The first-order valence-corrected chi connectivity index (χ1v) is 10.7. The molecule has 1 amide bonds. The van der Waals surface area contributed by atoms with Gasteiger partial charge >= 0.3 is 0 Å². The summed E-state index contributed by atoms with van der Waals surface area (Å²) >= 11 is 0. The highest BCUT2D eigenvalue weighted by atomic mass is 16.5. The number of anilines is 1. The molecular weight excluding hydrogens is 400 g/mol. The topological polar surface area (TPSA) is 74.0 Å². The minimum atomic E-state index is -0.334. The van der Waals surface area contributed by atoms with Crippen molar-refractivity contribution in [2.45, 2.75) is 32.2 Å². The van der Waals surface area contributed by atoms with Gasteiger partial charge < -0.3 is 9.72 Å². The second kappa shape index (κ2) is 7.41. The Morgan fingerprint density at radius 1 is 1.00 bits per heavy atom. The van der Waals surface area contributed by atoms with E-state index in [0.29, 0.717) is 5.69 Å². The van der Waals surface area contributed by atoms with Gasteiger partial charge in [-0.25, -0.2) is 0 Å². The monoisotopic (exact) mass is 426 g/mol. The van der Waals surface area contributed by atoms with Crippen LogP contribution in [0, 0.1) is 0 Å². The number of hydrogen-bond acceptors (Lipinski definition) is 3. The van der Waals surface area contributed by atoms with Crippen LogP contribution in [-0.2, 0) is 5.41 Å². The molecule has 2 aromatic heterocycles. The number of carbonyl (C=O) groups excluding carboxylic acids is 1. The van der Waals surface area contributed by atoms with Crippen LogP contribution in [0.25, 0.3) is 11.1 Å². The highest BCUT2D eigenvalue weighted by molar-refractivity contribution is 6.11. The molecule has 6 nitrogen and oxygen atoms in total. The van der Waals surface area contributed by atoms with E-state index in [4.69, 9.17) is 4.74 Å². The lowest BCUT2D eigenvalue weighted by Crippen LogP contribution is -2.30. The molecule has 5 rings (SSSR count). The number of amides is 1. The van der Waals surface area contributed by atoms with Crippen LogP contribution in [0.1, 0.15) is 54.1 Å². The first-order valence-electron chi connectivity index (χ1n) is 10.7.